The number of hydrogen-bond donors (Lipinski definition) is 2. The summed E-state index contributed by atoms with van der Waals surface area (Å²) in [5.41, 5.74) is 5.83. The lowest BCUT2D eigenvalue weighted by molar-refractivity contribution is -0.133. The number of nitrogens with one attached hydrogen (secondary N) is 1. The Balaban J connectivity index is 2.15. The van der Waals surface area contributed by atoms with Crippen LogP contribution in [0, 0.1) is 0 Å². The van der Waals surface area contributed by atoms with E-state index in [4.69, 9.17) is 15.2 Å². The molecule has 1 unspecified atom stereocenters. The zero-order chi connectivity index (χ0) is 13.4. The second-order valence-corrected chi connectivity index (χ2v) is 4.83. The quantitative estimate of drug-likeness (QED) is 0.663. The molecule has 106 valence electrons. The van der Waals surface area contributed by atoms with Crippen molar-refractivity contribution in [3.8, 4) is 0 Å². The third-order valence-corrected chi connectivity index (χ3v) is 3.29. The maximum atomic E-state index is 11.8. The van der Waals surface area contributed by atoms with Gasteiger partial charge in [0, 0.05) is 18.7 Å². The number of nitrogens with two attached hydrogens (primary N) is 1. The van der Waals surface area contributed by atoms with E-state index in [1.807, 2.05) is 6.92 Å². The average molecular weight is 258 g/mol. The van der Waals surface area contributed by atoms with Crippen LogP contribution in [0.25, 0.3) is 0 Å². The maximum Gasteiger partial charge on any atom is 0.249 e. The first-order chi connectivity index (χ1) is 8.63. The third-order valence-electron chi connectivity index (χ3n) is 3.29. The van der Waals surface area contributed by atoms with Gasteiger partial charge >= 0.3 is 0 Å². The van der Waals surface area contributed by atoms with Crippen LogP contribution in [0.2, 0.25) is 0 Å². The number of carbonyl (C=O) groups is 1. The minimum Gasteiger partial charge on any atom is -0.379 e. The Morgan fingerprint density at radius 1 is 1.33 bits per heavy atom. The fraction of sp³-hybridized carbons (Fsp3) is 0.923. The number of amides is 1. The summed E-state index contributed by atoms with van der Waals surface area (Å²) >= 11 is 0. The van der Waals surface area contributed by atoms with Gasteiger partial charge in [-0.15, -0.1) is 0 Å². The first-order valence-electron chi connectivity index (χ1n) is 6.88. The fourth-order valence-corrected chi connectivity index (χ4v) is 2.09. The van der Waals surface area contributed by atoms with Crippen molar-refractivity contribution in [2.24, 2.45) is 5.73 Å². The smallest absolute Gasteiger partial charge is 0.249 e. The van der Waals surface area contributed by atoms with Gasteiger partial charge in [0.05, 0.1) is 13.2 Å². The van der Waals surface area contributed by atoms with Gasteiger partial charge in [-0.05, 0) is 39.5 Å². The molecule has 5 heteroatoms. The normalized spacial score (nSPS) is 25.7. The van der Waals surface area contributed by atoms with Crippen LogP contribution < -0.4 is 11.1 Å². The number of rotatable bonds is 7. The van der Waals surface area contributed by atoms with Crippen molar-refractivity contribution in [1.29, 1.82) is 0 Å². The first kappa shape index (κ1) is 15.4. The maximum absolute atomic E-state index is 11.8. The van der Waals surface area contributed by atoms with Crippen molar-refractivity contribution < 1.29 is 14.3 Å². The van der Waals surface area contributed by atoms with Crippen LogP contribution in [0.5, 0.6) is 0 Å². The van der Waals surface area contributed by atoms with Gasteiger partial charge in [0.1, 0.15) is 6.10 Å². The molecule has 0 aromatic rings. The van der Waals surface area contributed by atoms with Crippen molar-refractivity contribution in [1.82, 2.24) is 5.32 Å². The largest absolute Gasteiger partial charge is 0.379 e. The lowest BCUT2D eigenvalue weighted by Gasteiger charge is -2.27. The zero-order valence-corrected chi connectivity index (χ0v) is 11.5. The minimum atomic E-state index is -0.416. The standard InChI is InChI=1S/C13H26N2O3/c1-3-17-8-9-18-10(2)13(16)15-12-6-4-11(14)5-7-12/h10-12H,3-9,14H2,1-2H3,(H,15,16). The Labute approximate surface area is 109 Å². The van der Waals surface area contributed by atoms with Crippen LogP contribution in [0.15, 0.2) is 0 Å². The summed E-state index contributed by atoms with van der Waals surface area (Å²) in [5.74, 6) is -0.0352. The van der Waals surface area contributed by atoms with Gasteiger partial charge in [-0.1, -0.05) is 0 Å². The van der Waals surface area contributed by atoms with Crippen LogP contribution in [0.4, 0.5) is 0 Å². The highest BCUT2D eigenvalue weighted by molar-refractivity contribution is 5.80. The highest BCUT2D eigenvalue weighted by Gasteiger charge is 2.22. The molecule has 1 atom stereocenters. The molecule has 0 bridgehead atoms. The van der Waals surface area contributed by atoms with Crippen molar-refractivity contribution in [3.05, 3.63) is 0 Å². The van der Waals surface area contributed by atoms with Crippen molar-refractivity contribution in [2.75, 3.05) is 19.8 Å². The molecule has 1 fully saturated rings. The second-order valence-electron chi connectivity index (χ2n) is 4.83. The lowest BCUT2D eigenvalue weighted by Crippen LogP contribution is -2.44. The summed E-state index contributed by atoms with van der Waals surface area (Å²) in [6, 6.07) is 0.563. The summed E-state index contributed by atoms with van der Waals surface area (Å²) in [4.78, 5) is 11.8. The van der Waals surface area contributed by atoms with Crippen molar-refractivity contribution >= 4 is 5.91 Å². The van der Waals surface area contributed by atoms with Gasteiger partial charge in [0.25, 0.3) is 0 Å². The summed E-state index contributed by atoms with van der Waals surface area (Å²) < 4.78 is 10.6. The topological polar surface area (TPSA) is 73.6 Å². The second kappa shape index (κ2) is 8.45. The van der Waals surface area contributed by atoms with E-state index in [0.29, 0.717) is 25.9 Å². The SMILES string of the molecule is CCOCCOC(C)C(=O)NC1CCC(N)CC1. The highest BCUT2D eigenvalue weighted by Crippen LogP contribution is 2.17. The van der Waals surface area contributed by atoms with Crippen LogP contribution in [-0.4, -0.2) is 43.9 Å². The van der Waals surface area contributed by atoms with Crippen molar-refractivity contribution in [2.45, 2.75) is 57.7 Å². The van der Waals surface area contributed by atoms with E-state index in [1.54, 1.807) is 6.92 Å². The summed E-state index contributed by atoms with van der Waals surface area (Å²) in [6.07, 6.45) is 3.51. The monoisotopic (exact) mass is 258 g/mol. The van der Waals surface area contributed by atoms with Gasteiger partial charge in [0.2, 0.25) is 5.91 Å². The van der Waals surface area contributed by atoms with Gasteiger partial charge in [-0.3, -0.25) is 4.79 Å². The van der Waals surface area contributed by atoms with Gasteiger partial charge in [-0.25, -0.2) is 0 Å². The van der Waals surface area contributed by atoms with E-state index in [0.717, 1.165) is 25.7 Å². The predicted octanol–water partition coefficient (Wildman–Crippen LogP) is 0.814. The van der Waals surface area contributed by atoms with E-state index >= 15 is 0 Å². The molecule has 0 aromatic heterocycles. The van der Waals surface area contributed by atoms with Gasteiger partial charge in [-0.2, -0.15) is 0 Å². The predicted molar refractivity (Wildman–Crippen MR) is 70.3 cm³/mol. The molecule has 5 nitrogen and oxygen atoms in total. The first-order valence-corrected chi connectivity index (χ1v) is 6.88. The van der Waals surface area contributed by atoms with Crippen LogP contribution >= 0.6 is 0 Å². The lowest BCUT2D eigenvalue weighted by atomic mass is 9.92. The molecule has 0 aliphatic heterocycles. The van der Waals surface area contributed by atoms with Gasteiger partial charge < -0.3 is 20.5 Å². The number of ether oxygens (including phenoxy) is 2. The van der Waals surface area contributed by atoms with E-state index in [1.165, 1.54) is 0 Å². The van der Waals surface area contributed by atoms with Crippen LogP contribution in [0.1, 0.15) is 39.5 Å². The molecule has 3 N–H and O–H groups in total. The minimum absolute atomic E-state index is 0.0352. The number of hydrogen-bond acceptors (Lipinski definition) is 4. The van der Waals surface area contributed by atoms with E-state index in [-0.39, 0.29) is 11.9 Å². The fourth-order valence-electron chi connectivity index (χ4n) is 2.09. The Morgan fingerprint density at radius 2 is 2.00 bits per heavy atom. The van der Waals surface area contributed by atoms with E-state index in [2.05, 4.69) is 5.32 Å². The molecule has 0 radical (unpaired) electrons. The number of carbonyl (C=O) groups excluding carboxylic acids is 1. The summed E-state index contributed by atoms with van der Waals surface area (Å²) in [7, 11) is 0. The Bertz CT molecular complexity index is 240. The Hall–Kier alpha value is -0.650. The molecular formula is C13H26N2O3. The zero-order valence-electron chi connectivity index (χ0n) is 11.5. The van der Waals surface area contributed by atoms with Gasteiger partial charge in [0.15, 0.2) is 0 Å². The van der Waals surface area contributed by atoms with Crippen LogP contribution in [-0.2, 0) is 14.3 Å². The summed E-state index contributed by atoms with van der Waals surface area (Å²) in [6.45, 7) is 5.37. The molecule has 1 saturated carbocycles. The molecule has 1 amide bonds. The molecule has 1 rings (SSSR count). The van der Waals surface area contributed by atoms with Crippen molar-refractivity contribution in [3.63, 3.8) is 0 Å². The average Bonchev–Trinajstić information content (AvgIpc) is 2.37. The highest BCUT2D eigenvalue weighted by atomic mass is 16.5. The molecular weight excluding hydrogens is 232 g/mol. The van der Waals surface area contributed by atoms with E-state index in [9.17, 15) is 4.79 Å². The molecule has 1 aliphatic rings. The molecule has 18 heavy (non-hydrogen) atoms. The van der Waals surface area contributed by atoms with E-state index < -0.39 is 6.10 Å². The summed E-state index contributed by atoms with van der Waals surface area (Å²) in [5, 5.41) is 3.02. The molecule has 0 saturated heterocycles. The molecule has 0 aromatic carbocycles. The molecule has 0 heterocycles. The Kier molecular flexibility index (Phi) is 7.23. The van der Waals surface area contributed by atoms with Crippen LogP contribution in [0.3, 0.4) is 0 Å². The molecule has 1 aliphatic carbocycles. The Morgan fingerprint density at radius 3 is 2.61 bits per heavy atom. The third kappa shape index (κ3) is 5.80. The molecule has 0 spiro atoms.